The molecule has 0 aliphatic rings. The van der Waals surface area contributed by atoms with Crippen molar-refractivity contribution in [3.05, 3.63) is 70.9 Å². The minimum absolute atomic E-state index is 0.0340. The molecule has 3 rings (SSSR count). The highest BCUT2D eigenvalue weighted by Gasteiger charge is 2.13. The van der Waals surface area contributed by atoms with Crippen molar-refractivity contribution >= 4 is 16.8 Å². The quantitative estimate of drug-likeness (QED) is 0.756. The topological polar surface area (TPSA) is 51.2 Å². The van der Waals surface area contributed by atoms with E-state index in [0.717, 1.165) is 10.9 Å². The fraction of sp³-hybridized carbons (Fsp3) is 0.200. The first-order valence-electron chi connectivity index (χ1n) is 8.16. The lowest BCUT2D eigenvalue weighted by atomic mass is 10.1. The predicted octanol–water partition coefficient (Wildman–Crippen LogP) is 3.80. The van der Waals surface area contributed by atoms with Crippen molar-refractivity contribution in [2.75, 3.05) is 13.7 Å². The van der Waals surface area contributed by atoms with Crippen molar-refractivity contribution in [3.63, 3.8) is 0 Å². The zero-order valence-corrected chi connectivity index (χ0v) is 14.5. The van der Waals surface area contributed by atoms with Crippen LogP contribution in [0, 0.1) is 18.6 Å². The van der Waals surface area contributed by atoms with E-state index in [1.807, 2.05) is 6.07 Å². The molecule has 0 spiro atoms. The minimum atomic E-state index is -0.614. The number of aromatic nitrogens is 1. The number of carbonyl (C=O) groups excluding carboxylic acids is 1. The molecule has 0 atom stereocenters. The Labute approximate surface area is 149 Å². The van der Waals surface area contributed by atoms with Crippen molar-refractivity contribution in [1.29, 1.82) is 0 Å². The number of ether oxygens (including phenoxy) is 1. The van der Waals surface area contributed by atoms with Gasteiger partial charge in [-0.2, -0.15) is 0 Å². The lowest BCUT2D eigenvalue weighted by Crippen LogP contribution is -2.27. The van der Waals surface area contributed by atoms with Crippen LogP contribution in [0.4, 0.5) is 8.78 Å². The molecule has 6 heteroatoms. The summed E-state index contributed by atoms with van der Waals surface area (Å²) in [5.74, 6) is -0.869. The van der Waals surface area contributed by atoms with Gasteiger partial charge in [0.15, 0.2) is 0 Å². The maximum Gasteiger partial charge on any atom is 0.253 e. The Balaban J connectivity index is 1.74. The summed E-state index contributed by atoms with van der Waals surface area (Å²) in [6, 6.07) is 10.9. The third kappa shape index (κ3) is 3.64. The number of methoxy groups -OCH3 is 1. The maximum atomic E-state index is 13.6. The lowest BCUT2D eigenvalue weighted by Gasteiger charge is -2.10. The van der Waals surface area contributed by atoms with Gasteiger partial charge in [-0.1, -0.05) is 6.07 Å². The second kappa shape index (κ2) is 7.47. The zero-order chi connectivity index (χ0) is 18.7. The first kappa shape index (κ1) is 17.8. The molecule has 26 heavy (non-hydrogen) atoms. The van der Waals surface area contributed by atoms with Gasteiger partial charge in [-0.25, -0.2) is 8.78 Å². The van der Waals surface area contributed by atoms with E-state index in [1.165, 1.54) is 18.2 Å². The van der Waals surface area contributed by atoms with Crippen LogP contribution < -0.4 is 10.1 Å². The summed E-state index contributed by atoms with van der Waals surface area (Å²) in [6.07, 6.45) is 0.0709. The van der Waals surface area contributed by atoms with E-state index in [1.54, 1.807) is 32.2 Å². The minimum Gasteiger partial charge on any atom is -0.497 e. The van der Waals surface area contributed by atoms with Gasteiger partial charge in [0.25, 0.3) is 5.91 Å². The Morgan fingerprint density at radius 2 is 1.88 bits per heavy atom. The molecule has 0 saturated carbocycles. The second-order valence-electron chi connectivity index (χ2n) is 5.89. The highest BCUT2D eigenvalue weighted by atomic mass is 19.1. The number of aryl methyl sites for hydroxylation is 1. The Kier molecular flexibility index (Phi) is 5.11. The monoisotopic (exact) mass is 356 g/mol. The lowest BCUT2D eigenvalue weighted by molar-refractivity contribution is 0.0953. The van der Waals surface area contributed by atoms with Gasteiger partial charge in [0, 0.05) is 23.6 Å². The summed E-state index contributed by atoms with van der Waals surface area (Å²) >= 11 is 0. The third-order valence-electron chi connectivity index (χ3n) is 4.18. The third-order valence-corrected chi connectivity index (χ3v) is 4.18. The van der Waals surface area contributed by atoms with Crippen molar-refractivity contribution < 1.29 is 18.3 Å². The fourth-order valence-corrected chi connectivity index (χ4v) is 2.77. The van der Waals surface area contributed by atoms with Crippen LogP contribution in [-0.4, -0.2) is 24.5 Å². The molecule has 1 aromatic heterocycles. The van der Waals surface area contributed by atoms with Gasteiger partial charge < -0.3 is 10.1 Å². The Morgan fingerprint density at radius 1 is 1.15 bits per heavy atom. The number of hydrogen-bond acceptors (Lipinski definition) is 3. The molecule has 0 fully saturated rings. The summed E-state index contributed by atoms with van der Waals surface area (Å²) in [4.78, 5) is 16.9. The molecule has 0 unspecified atom stereocenters. The molecule has 2 aromatic carbocycles. The number of fused-ring (bicyclic) bond motifs is 1. The number of benzene rings is 2. The van der Waals surface area contributed by atoms with E-state index in [0.29, 0.717) is 17.0 Å². The van der Waals surface area contributed by atoms with Gasteiger partial charge in [0.1, 0.15) is 17.4 Å². The number of pyridine rings is 1. The molecule has 0 saturated heterocycles. The van der Waals surface area contributed by atoms with Gasteiger partial charge in [0.2, 0.25) is 0 Å². The molecule has 134 valence electrons. The number of rotatable bonds is 5. The van der Waals surface area contributed by atoms with Crippen molar-refractivity contribution in [2.45, 2.75) is 13.3 Å². The van der Waals surface area contributed by atoms with E-state index in [2.05, 4.69) is 10.3 Å². The van der Waals surface area contributed by atoms with E-state index < -0.39 is 11.6 Å². The Bertz CT molecular complexity index is 953. The summed E-state index contributed by atoms with van der Waals surface area (Å²) in [5, 5.41) is 3.50. The average molecular weight is 356 g/mol. The van der Waals surface area contributed by atoms with Crippen molar-refractivity contribution in [1.82, 2.24) is 10.3 Å². The van der Waals surface area contributed by atoms with Gasteiger partial charge in [-0.3, -0.25) is 9.78 Å². The van der Waals surface area contributed by atoms with Crippen LogP contribution in [0.5, 0.6) is 5.75 Å². The molecule has 1 amide bonds. The highest BCUT2D eigenvalue weighted by Crippen LogP contribution is 2.21. The first-order valence-corrected chi connectivity index (χ1v) is 8.16. The molecular formula is C20H18F2N2O2. The number of halogens is 2. The van der Waals surface area contributed by atoms with Crippen molar-refractivity contribution in [3.8, 4) is 5.75 Å². The number of amides is 1. The van der Waals surface area contributed by atoms with Crippen LogP contribution in [0.3, 0.4) is 0 Å². The standard InChI is InChI=1S/C20H18F2N2O2/c1-12-16(10-13-6-7-14(26-2)11-19(13)24-12)20(25)23-9-8-15-17(21)4-3-5-18(15)22/h3-7,10-11H,8-9H2,1-2H3,(H,23,25). The van der Waals surface area contributed by atoms with Crippen molar-refractivity contribution in [2.24, 2.45) is 0 Å². The normalized spacial score (nSPS) is 10.8. The zero-order valence-electron chi connectivity index (χ0n) is 14.5. The molecular weight excluding hydrogens is 338 g/mol. The van der Waals surface area contributed by atoms with Gasteiger partial charge in [-0.15, -0.1) is 0 Å². The van der Waals surface area contributed by atoms with E-state index in [-0.39, 0.29) is 24.4 Å². The summed E-state index contributed by atoms with van der Waals surface area (Å²) in [6.45, 7) is 1.86. The van der Waals surface area contributed by atoms with E-state index >= 15 is 0 Å². The van der Waals surface area contributed by atoms with Crippen LogP contribution >= 0.6 is 0 Å². The largest absolute Gasteiger partial charge is 0.497 e. The highest BCUT2D eigenvalue weighted by molar-refractivity contribution is 5.98. The van der Waals surface area contributed by atoms with Crippen LogP contribution in [0.15, 0.2) is 42.5 Å². The molecule has 0 aliphatic heterocycles. The average Bonchev–Trinajstić information content (AvgIpc) is 2.62. The Hall–Kier alpha value is -3.02. The number of carbonyl (C=O) groups is 1. The van der Waals surface area contributed by atoms with Crippen LogP contribution in [0.1, 0.15) is 21.6 Å². The maximum absolute atomic E-state index is 13.6. The van der Waals surface area contributed by atoms with Crippen LogP contribution in [-0.2, 0) is 6.42 Å². The number of nitrogens with zero attached hydrogens (tertiary/aromatic N) is 1. The molecule has 0 aliphatic carbocycles. The molecule has 1 N–H and O–H groups in total. The molecule has 4 nitrogen and oxygen atoms in total. The summed E-state index contributed by atoms with van der Waals surface area (Å²) < 4.78 is 32.4. The number of hydrogen-bond donors (Lipinski definition) is 1. The van der Waals surface area contributed by atoms with Crippen LogP contribution in [0.2, 0.25) is 0 Å². The molecule has 1 heterocycles. The summed E-state index contributed by atoms with van der Waals surface area (Å²) in [7, 11) is 1.58. The van der Waals surface area contributed by atoms with Crippen LogP contribution in [0.25, 0.3) is 10.9 Å². The fourth-order valence-electron chi connectivity index (χ4n) is 2.77. The summed E-state index contributed by atoms with van der Waals surface area (Å²) in [5.41, 5.74) is 1.69. The Morgan fingerprint density at radius 3 is 2.58 bits per heavy atom. The van der Waals surface area contributed by atoms with Gasteiger partial charge in [0.05, 0.1) is 23.9 Å². The smallest absolute Gasteiger partial charge is 0.253 e. The van der Waals surface area contributed by atoms with E-state index in [4.69, 9.17) is 4.74 Å². The van der Waals surface area contributed by atoms with Gasteiger partial charge in [-0.05, 0) is 43.7 Å². The SMILES string of the molecule is COc1ccc2cc(C(=O)NCCc3c(F)cccc3F)c(C)nc2c1. The first-order chi connectivity index (χ1) is 12.5. The second-order valence-corrected chi connectivity index (χ2v) is 5.89. The van der Waals surface area contributed by atoms with Gasteiger partial charge >= 0.3 is 0 Å². The predicted molar refractivity (Wildman–Crippen MR) is 95.4 cm³/mol. The molecule has 3 aromatic rings. The number of nitrogens with one attached hydrogen (secondary N) is 1. The van der Waals surface area contributed by atoms with E-state index in [9.17, 15) is 13.6 Å². The molecule has 0 bridgehead atoms. The molecule has 0 radical (unpaired) electrons.